The van der Waals surface area contributed by atoms with Gasteiger partial charge in [0.25, 0.3) is 0 Å². The van der Waals surface area contributed by atoms with E-state index in [4.69, 9.17) is 23.2 Å². The topological polar surface area (TPSA) is 54.5 Å². The Bertz CT molecular complexity index is 576. The molecule has 0 saturated carbocycles. The summed E-state index contributed by atoms with van der Waals surface area (Å²) < 4.78 is 11.5. The highest BCUT2D eigenvalue weighted by molar-refractivity contribution is 7.87. The number of amides is 2. The first-order chi connectivity index (χ1) is 8.90. The molecule has 7 heteroatoms. The van der Waals surface area contributed by atoms with Gasteiger partial charge < -0.3 is 0 Å². The van der Waals surface area contributed by atoms with Crippen molar-refractivity contribution in [3.05, 3.63) is 33.8 Å². The highest BCUT2D eigenvalue weighted by Crippen LogP contribution is 2.24. The van der Waals surface area contributed by atoms with Crippen molar-refractivity contribution in [2.24, 2.45) is 0 Å². The van der Waals surface area contributed by atoms with E-state index in [1.807, 2.05) is 0 Å². The van der Waals surface area contributed by atoms with Crippen molar-refractivity contribution in [1.82, 2.24) is 4.90 Å². The lowest BCUT2D eigenvalue weighted by molar-refractivity contribution is -0.144. The van der Waals surface area contributed by atoms with Gasteiger partial charge in [0.05, 0.1) is 6.54 Å². The summed E-state index contributed by atoms with van der Waals surface area (Å²) in [6.45, 7) is 1.64. The molecule has 0 unspecified atom stereocenters. The number of halogens is 2. The van der Waals surface area contributed by atoms with E-state index in [9.17, 15) is 13.8 Å². The minimum absolute atomic E-state index is 0.0786. The van der Waals surface area contributed by atoms with Crippen molar-refractivity contribution in [2.45, 2.75) is 18.7 Å². The Morgan fingerprint density at radius 3 is 2.68 bits per heavy atom. The molecule has 102 valence electrons. The maximum Gasteiger partial charge on any atom is 0.244 e. The Morgan fingerprint density at radius 1 is 1.37 bits per heavy atom. The maximum atomic E-state index is 12.0. The molecular formula is C12H11Cl2NO3S. The van der Waals surface area contributed by atoms with Crippen LogP contribution in [0.15, 0.2) is 18.2 Å². The average Bonchev–Trinajstić information content (AvgIpc) is 2.34. The predicted molar refractivity (Wildman–Crippen MR) is 74.5 cm³/mol. The fourth-order valence-electron chi connectivity index (χ4n) is 1.77. The second kappa shape index (κ2) is 5.61. The molecule has 2 rings (SSSR count). The number of carbonyl (C=O) groups is 2. The van der Waals surface area contributed by atoms with E-state index >= 15 is 0 Å². The summed E-state index contributed by atoms with van der Waals surface area (Å²) >= 11 is 11.8. The standard InChI is InChI=1S/C12H11Cl2NO3S/c1-7-12(17)15(11(16)6-19(7)18)5-8-2-3-9(13)4-10(8)14/h2-4,7H,5-6H2,1H3/t7-,19+/m0/s1. The third-order valence-electron chi connectivity index (χ3n) is 2.92. The van der Waals surface area contributed by atoms with Crippen LogP contribution in [0.4, 0.5) is 0 Å². The van der Waals surface area contributed by atoms with Gasteiger partial charge in [0, 0.05) is 20.8 Å². The normalized spacial score (nSPS) is 23.8. The smallest absolute Gasteiger partial charge is 0.244 e. The van der Waals surface area contributed by atoms with E-state index < -0.39 is 27.9 Å². The van der Waals surface area contributed by atoms with Crippen molar-refractivity contribution in [3.8, 4) is 0 Å². The lowest BCUT2D eigenvalue weighted by Crippen LogP contribution is -2.51. The van der Waals surface area contributed by atoms with Crippen molar-refractivity contribution in [2.75, 3.05) is 5.75 Å². The van der Waals surface area contributed by atoms with Gasteiger partial charge in [-0.15, -0.1) is 0 Å². The molecule has 0 aliphatic carbocycles. The van der Waals surface area contributed by atoms with Gasteiger partial charge in [-0.25, -0.2) is 0 Å². The number of carbonyl (C=O) groups excluding carboxylic acids is 2. The molecule has 0 radical (unpaired) electrons. The summed E-state index contributed by atoms with van der Waals surface area (Å²) in [6.07, 6.45) is 0. The van der Waals surface area contributed by atoms with Crippen LogP contribution in [0.5, 0.6) is 0 Å². The molecule has 1 heterocycles. The minimum atomic E-state index is -1.43. The summed E-state index contributed by atoms with van der Waals surface area (Å²) in [5, 5.41) is 0.218. The molecule has 2 amide bonds. The number of benzene rings is 1. The van der Waals surface area contributed by atoms with E-state index in [0.29, 0.717) is 15.6 Å². The Kier molecular flexibility index (Phi) is 4.28. The Hall–Kier alpha value is -0.910. The molecule has 0 bridgehead atoms. The van der Waals surface area contributed by atoms with Crippen LogP contribution in [0.3, 0.4) is 0 Å². The van der Waals surface area contributed by atoms with Crippen LogP contribution in [-0.4, -0.2) is 31.9 Å². The zero-order valence-electron chi connectivity index (χ0n) is 10.1. The van der Waals surface area contributed by atoms with Gasteiger partial charge in [-0.1, -0.05) is 29.3 Å². The average molecular weight is 320 g/mol. The first kappa shape index (κ1) is 14.5. The summed E-state index contributed by atoms with van der Waals surface area (Å²) in [4.78, 5) is 24.9. The Balaban J connectivity index is 2.24. The van der Waals surface area contributed by atoms with Crippen LogP contribution in [-0.2, 0) is 26.9 Å². The summed E-state index contributed by atoms with van der Waals surface area (Å²) in [5.74, 6) is -0.994. The van der Waals surface area contributed by atoms with Crippen LogP contribution < -0.4 is 0 Å². The quantitative estimate of drug-likeness (QED) is 0.783. The van der Waals surface area contributed by atoms with Crippen LogP contribution in [0.1, 0.15) is 12.5 Å². The lowest BCUT2D eigenvalue weighted by Gasteiger charge is -2.28. The third-order valence-corrected chi connectivity index (χ3v) is 5.03. The molecule has 0 aromatic heterocycles. The van der Waals surface area contributed by atoms with Crippen molar-refractivity contribution >= 4 is 45.8 Å². The molecule has 1 fully saturated rings. The zero-order chi connectivity index (χ0) is 14.2. The Labute approximate surface area is 123 Å². The number of imide groups is 1. The van der Waals surface area contributed by atoms with Gasteiger partial charge >= 0.3 is 0 Å². The van der Waals surface area contributed by atoms with E-state index in [-0.39, 0.29) is 12.3 Å². The number of nitrogens with zero attached hydrogens (tertiary/aromatic N) is 1. The van der Waals surface area contributed by atoms with Gasteiger partial charge in [-0.2, -0.15) is 0 Å². The van der Waals surface area contributed by atoms with E-state index in [2.05, 4.69) is 0 Å². The molecule has 19 heavy (non-hydrogen) atoms. The second-order valence-electron chi connectivity index (χ2n) is 4.22. The molecular weight excluding hydrogens is 309 g/mol. The Morgan fingerprint density at radius 2 is 2.05 bits per heavy atom. The number of hydrogen-bond acceptors (Lipinski definition) is 3. The van der Waals surface area contributed by atoms with E-state index in [1.54, 1.807) is 25.1 Å². The van der Waals surface area contributed by atoms with E-state index in [1.165, 1.54) is 0 Å². The molecule has 4 nitrogen and oxygen atoms in total. The molecule has 1 aromatic carbocycles. The SMILES string of the molecule is C[C@H]1C(=O)N(Cc2ccc(Cl)cc2Cl)C(=O)C[S@]1=O. The lowest BCUT2D eigenvalue weighted by atomic mass is 10.2. The molecule has 1 aliphatic rings. The van der Waals surface area contributed by atoms with Gasteiger partial charge in [0.1, 0.15) is 11.0 Å². The van der Waals surface area contributed by atoms with Crippen molar-refractivity contribution in [1.29, 1.82) is 0 Å². The number of hydrogen-bond donors (Lipinski definition) is 0. The van der Waals surface area contributed by atoms with Crippen LogP contribution in [0.25, 0.3) is 0 Å². The molecule has 1 aliphatic heterocycles. The molecule has 1 saturated heterocycles. The third kappa shape index (κ3) is 2.99. The van der Waals surface area contributed by atoms with Gasteiger partial charge in [0.2, 0.25) is 11.8 Å². The van der Waals surface area contributed by atoms with E-state index in [0.717, 1.165) is 4.90 Å². The molecule has 0 spiro atoms. The first-order valence-electron chi connectivity index (χ1n) is 5.55. The summed E-state index contributed by atoms with van der Waals surface area (Å²) in [7, 11) is -1.43. The fourth-order valence-corrected chi connectivity index (χ4v) is 3.24. The highest BCUT2D eigenvalue weighted by Gasteiger charge is 2.36. The first-order valence-corrected chi connectivity index (χ1v) is 7.69. The largest absolute Gasteiger partial charge is 0.276 e. The maximum absolute atomic E-state index is 12.0. The van der Waals surface area contributed by atoms with Crippen molar-refractivity contribution < 1.29 is 13.8 Å². The monoisotopic (exact) mass is 319 g/mol. The van der Waals surface area contributed by atoms with Gasteiger partial charge in [-0.05, 0) is 24.6 Å². The van der Waals surface area contributed by atoms with Crippen LogP contribution in [0.2, 0.25) is 10.0 Å². The zero-order valence-corrected chi connectivity index (χ0v) is 12.4. The summed E-state index contributed by atoms with van der Waals surface area (Å²) in [5.41, 5.74) is 0.632. The number of rotatable bonds is 2. The molecule has 0 N–H and O–H groups in total. The van der Waals surface area contributed by atoms with Crippen LogP contribution in [0, 0.1) is 0 Å². The predicted octanol–water partition coefficient (Wildman–Crippen LogP) is 2.00. The van der Waals surface area contributed by atoms with Gasteiger partial charge in [-0.3, -0.25) is 18.7 Å². The minimum Gasteiger partial charge on any atom is -0.276 e. The second-order valence-corrected chi connectivity index (χ2v) is 6.82. The highest BCUT2D eigenvalue weighted by atomic mass is 35.5. The fraction of sp³-hybridized carbons (Fsp3) is 0.333. The molecule has 2 atom stereocenters. The van der Waals surface area contributed by atoms with Crippen LogP contribution >= 0.6 is 23.2 Å². The summed E-state index contributed by atoms with van der Waals surface area (Å²) in [6, 6.07) is 4.86. The van der Waals surface area contributed by atoms with Gasteiger partial charge in [0.15, 0.2) is 0 Å². The van der Waals surface area contributed by atoms with Crippen molar-refractivity contribution in [3.63, 3.8) is 0 Å². The molecule has 1 aromatic rings.